The van der Waals surface area contributed by atoms with Gasteiger partial charge in [-0.3, -0.25) is 9.59 Å². The summed E-state index contributed by atoms with van der Waals surface area (Å²) < 4.78 is 5.04. The van der Waals surface area contributed by atoms with Crippen LogP contribution < -0.4 is 0 Å². The van der Waals surface area contributed by atoms with E-state index in [1.165, 1.54) is 0 Å². The topological polar surface area (TPSA) is 46.6 Å². The molecular formula is C14H23NO3. The highest BCUT2D eigenvalue weighted by atomic mass is 16.5. The minimum Gasteiger partial charge on any atom is -0.465 e. The van der Waals surface area contributed by atoms with Crippen LogP contribution in [-0.2, 0) is 14.3 Å². The summed E-state index contributed by atoms with van der Waals surface area (Å²) in [5, 5.41) is 0. The maximum atomic E-state index is 12.5. The number of hydrogen-bond donors (Lipinski definition) is 0. The van der Waals surface area contributed by atoms with Crippen LogP contribution in [0.25, 0.3) is 0 Å². The fourth-order valence-corrected chi connectivity index (χ4v) is 2.07. The molecule has 0 N–H and O–H groups in total. The van der Waals surface area contributed by atoms with E-state index >= 15 is 0 Å². The number of hydrogen-bond acceptors (Lipinski definition) is 3. The second kappa shape index (κ2) is 6.03. The van der Waals surface area contributed by atoms with E-state index in [0.29, 0.717) is 19.7 Å². The molecule has 0 saturated heterocycles. The average Bonchev–Trinajstić information content (AvgIpc) is 2.28. The van der Waals surface area contributed by atoms with Gasteiger partial charge in [-0.15, -0.1) is 0 Å². The van der Waals surface area contributed by atoms with Gasteiger partial charge < -0.3 is 9.64 Å². The molecule has 0 saturated carbocycles. The lowest BCUT2D eigenvalue weighted by Crippen LogP contribution is -2.46. The van der Waals surface area contributed by atoms with E-state index < -0.39 is 17.3 Å². The maximum Gasteiger partial charge on any atom is 0.319 e. The summed E-state index contributed by atoms with van der Waals surface area (Å²) in [7, 11) is 0. The Hall–Kier alpha value is -1.32. The number of rotatable bonds is 3. The number of ether oxygens (including phenoxy) is 1. The van der Waals surface area contributed by atoms with Crippen LogP contribution in [0.2, 0.25) is 0 Å². The largest absolute Gasteiger partial charge is 0.465 e. The highest BCUT2D eigenvalue weighted by Gasteiger charge is 2.41. The van der Waals surface area contributed by atoms with Crippen molar-refractivity contribution < 1.29 is 14.3 Å². The van der Waals surface area contributed by atoms with Crippen molar-refractivity contribution in [2.24, 2.45) is 11.3 Å². The van der Waals surface area contributed by atoms with Crippen LogP contribution >= 0.6 is 0 Å². The molecule has 0 radical (unpaired) electrons. The van der Waals surface area contributed by atoms with Crippen LogP contribution in [0.3, 0.4) is 0 Å². The second-order valence-electron chi connectivity index (χ2n) is 5.60. The summed E-state index contributed by atoms with van der Waals surface area (Å²) in [6, 6.07) is 0. The first-order valence-electron chi connectivity index (χ1n) is 6.48. The first-order valence-corrected chi connectivity index (χ1v) is 6.48. The monoisotopic (exact) mass is 253 g/mol. The summed E-state index contributed by atoms with van der Waals surface area (Å²) in [6.07, 6.45) is 4.87. The maximum absolute atomic E-state index is 12.5. The standard InChI is InChI=1S/C14H23NO3/c1-5-18-13(17)11(14(2,3)4)12(16)15-9-7-6-8-10-15/h6-7,11H,5,8-10H2,1-4H3. The number of carbonyl (C=O) groups excluding carboxylic acids is 2. The van der Waals surface area contributed by atoms with Crippen molar-refractivity contribution in [1.82, 2.24) is 4.90 Å². The Balaban J connectivity index is 2.85. The number of carbonyl (C=O) groups is 2. The zero-order chi connectivity index (χ0) is 13.8. The van der Waals surface area contributed by atoms with Crippen LogP contribution in [-0.4, -0.2) is 36.5 Å². The van der Waals surface area contributed by atoms with Gasteiger partial charge in [-0.2, -0.15) is 0 Å². The van der Waals surface area contributed by atoms with Gasteiger partial charge in [0.25, 0.3) is 0 Å². The SMILES string of the molecule is CCOC(=O)C(C(=O)N1CC=CCC1)C(C)(C)C. The van der Waals surface area contributed by atoms with E-state index in [-0.39, 0.29) is 5.91 Å². The molecule has 0 fully saturated rings. The quantitative estimate of drug-likeness (QED) is 0.439. The number of nitrogens with zero attached hydrogens (tertiary/aromatic N) is 1. The number of amides is 1. The molecule has 18 heavy (non-hydrogen) atoms. The molecule has 0 spiro atoms. The minimum atomic E-state index is -0.719. The van der Waals surface area contributed by atoms with Crippen LogP contribution in [0, 0.1) is 11.3 Å². The third kappa shape index (κ3) is 3.59. The fraction of sp³-hybridized carbons (Fsp3) is 0.714. The van der Waals surface area contributed by atoms with E-state index in [4.69, 9.17) is 4.74 Å². The summed E-state index contributed by atoms with van der Waals surface area (Å²) in [6.45, 7) is 9.02. The lowest BCUT2D eigenvalue weighted by molar-refractivity contribution is -0.160. The van der Waals surface area contributed by atoms with E-state index in [1.54, 1.807) is 11.8 Å². The Labute approximate surface area is 109 Å². The van der Waals surface area contributed by atoms with Gasteiger partial charge in [-0.25, -0.2) is 0 Å². The molecule has 1 unspecified atom stereocenters. The molecule has 0 bridgehead atoms. The molecule has 4 heteroatoms. The Bertz CT molecular complexity index is 341. The molecule has 1 heterocycles. The fourth-order valence-electron chi connectivity index (χ4n) is 2.07. The molecule has 0 aromatic heterocycles. The molecule has 1 aliphatic rings. The van der Waals surface area contributed by atoms with Crippen LogP contribution in [0.1, 0.15) is 34.1 Å². The number of esters is 1. The predicted octanol–water partition coefficient (Wildman–Crippen LogP) is 2.00. The van der Waals surface area contributed by atoms with Crippen LogP contribution in [0.4, 0.5) is 0 Å². The van der Waals surface area contributed by atoms with Crippen molar-refractivity contribution in [2.45, 2.75) is 34.1 Å². The molecule has 0 aliphatic carbocycles. The average molecular weight is 253 g/mol. The zero-order valence-electron chi connectivity index (χ0n) is 11.7. The lowest BCUT2D eigenvalue weighted by Gasteiger charge is -2.33. The van der Waals surface area contributed by atoms with Crippen molar-refractivity contribution in [1.29, 1.82) is 0 Å². The van der Waals surface area contributed by atoms with Crippen molar-refractivity contribution in [3.8, 4) is 0 Å². The van der Waals surface area contributed by atoms with E-state index in [9.17, 15) is 9.59 Å². The van der Waals surface area contributed by atoms with Crippen molar-refractivity contribution in [3.05, 3.63) is 12.2 Å². The van der Waals surface area contributed by atoms with E-state index in [0.717, 1.165) is 6.42 Å². The zero-order valence-corrected chi connectivity index (χ0v) is 11.7. The summed E-state index contributed by atoms with van der Waals surface area (Å²) in [5.74, 6) is -1.25. The second-order valence-corrected chi connectivity index (χ2v) is 5.60. The van der Waals surface area contributed by atoms with Crippen LogP contribution in [0.5, 0.6) is 0 Å². The van der Waals surface area contributed by atoms with Gasteiger partial charge in [0.1, 0.15) is 5.92 Å². The first kappa shape index (κ1) is 14.7. The molecular weight excluding hydrogens is 230 g/mol. The Morgan fingerprint density at radius 1 is 1.33 bits per heavy atom. The third-order valence-corrected chi connectivity index (χ3v) is 3.01. The molecule has 102 valence electrons. The molecule has 0 aromatic carbocycles. The van der Waals surface area contributed by atoms with Crippen LogP contribution in [0.15, 0.2) is 12.2 Å². The summed E-state index contributed by atoms with van der Waals surface area (Å²) in [5.41, 5.74) is -0.426. The lowest BCUT2D eigenvalue weighted by atomic mass is 9.79. The first-order chi connectivity index (χ1) is 8.38. The predicted molar refractivity (Wildman–Crippen MR) is 69.9 cm³/mol. The van der Waals surface area contributed by atoms with Gasteiger partial charge in [0.05, 0.1) is 6.61 Å². The molecule has 1 atom stereocenters. The summed E-state index contributed by atoms with van der Waals surface area (Å²) >= 11 is 0. The molecule has 1 aliphatic heterocycles. The third-order valence-electron chi connectivity index (χ3n) is 3.01. The van der Waals surface area contributed by atoms with Crippen molar-refractivity contribution in [3.63, 3.8) is 0 Å². The minimum absolute atomic E-state index is 0.120. The van der Waals surface area contributed by atoms with Crippen molar-refractivity contribution in [2.75, 3.05) is 19.7 Å². The van der Waals surface area contributed by atoms with Crippen molar-refractivity contribution >= 4 is 11.9 Å². The normalized spacial score (nSPS) is 17.4. The Kier molecular flexibility index (Phi) is 4.93. The van der Waals surface area contributed by atoms with Gasteiger partial charge in [0.2, 0.25) is 5.91 Å². The van der Waals surface area contributed by atoms with E-state index in [2.05, 4.69) is 6.08 Å². The molecule has 1 rings (SSSR count). The van der Waals surface area contributed by atoms with Gasteiger partial charge in [-0.1, -0.05) is 32.9 Å². The Morgan fingerprint density at radius 3 is 2.44 bits per heavy atom. The highest BCUT2D eigenvalue weighted by Crippen LogP contribution is 2.29. The van der Waals surface area contributed by atoms with E-state index in [1.807, 2.05) is 26.8 Å². The highest BCUT2D eigenvalue weighted by molar-refractivity contribution is 5.98. The molecule has 4 nitrogen and oxygen atoms in total. The summed E-state index contributed by atoms with van der Waals surface area (Å²) in [4.78, 5) is 26.2. The smallest absolute Gasteiger partial charge is 0.319 e. The van der Waals surface area contributed by atoms with Gasteiger partial charge in [0, 0.05) is 13.1 Å². The van der Waals surface area contributed by atoms with Gasteiger partial charge >= 0.3 is 5.97 Å². The Morgan fingerprint density at radius 2 is 2.00 bits per heavy atom. The molecule has 0 aromatic rings. The van der Waals surface area contributed by atoms with Gasteiger partial charge in [0.15, 0.2) is 0 Å². The molecule has 1 amide bonds. The van der Waals surface area contributed by atoms with Gasteiger partial charge in [-0.05, 0) is 18.8 Å².